The van der Waals surface area contributed by atoms with Crippen LogP contribution in [0.1, 0.15) is 0 Å². The fourth-order valence-corrected chi connectivity index (χ4v) is 2.06. The summed E-state index contributed by atoms with van der Waals surface area (Å²) in [7, 11) is 1.74. The molecule has 4 nitrogen and oxygen atoms in total. The minimum atomic E-state index is -4.72. The molecule has 0 radical (unpaired) electrons. The van der Waals surface area contributed by atoms with E-state index in [9.17, 15) is 13.2 Å². The van der Waals surface area contributed by atoms with Gasteiger partial charge in [-0.15, -0.1) is 13.2 Å². The maximum Gasteiger partial charge on any atom is 0.573 e. The molecule has 0 fully saturated rings. The number of halogens is 4. The second-order valence-electron chi connectivity index (χ2n) is 4.00. The molecule has 112 valence electrons. The Morgan fingerprint density at radius 1 is 1.14 bits per heavy atom. The van der Waals surface area contributed by atoms with Gasteiger partial charge in [-0.3, -0.25) is 0 Å². The molecule has 2 aromatic rings. The first-order chi connectivity index (χ1) is 9.87. The molecule has 0 unspecified atom stereocenters. The van der Waals surface area contributed by atoms with Gasteiger partial charge in [0, 0.05) is 30.7 Å². The zero-order valence-corrected chi connectivity index (χ0v) is 12.4. The lowest BCUT2D eigenvalue weighted by atomic mass is 10.3. The molecule has 1 heterocycles. The monoisotopic (exact) mass is 361 g/mol. The molecule has 0 aliphatic carbocycles. The zero-order chi connectivity index (χ0) is 15.5. The van der Waals surface area contributed by atoms with Gasteiger partial charge >= 0.3 is 6.36 Å². The summed E-state index contributed by atoms with van der Waals surface area (Å²) in [6, 6.07) is 7.74. The van der Waals surface area contributed by atoms with Gasteiger partial charge in [-0.25, -0.2) is 4.98 Å². The van der Waals surface area contributed by atoms with Gasteiger partial charge in [0.25, 0.3) is 0 Å². The minimum Gasteiger partial charge on any atom is -0.405 e. The SMILES string of the molecule is CNc1cc(Nc2ccc(OC(F)(F)F)c(Br)c2)ccn1. The van der Waals surface area contributed by atoms with Crippen LogP contribution in [-0.4, -0.2) is 18.4 Å². The number of nitrogens with zero attached hydrogens (tertiary/aromatic N) is 1. The smallest absolute Gasteiger partial charge is 0.405 e. The standard InChI is InChI=1S/C13H11BrF3N3O/c1-18-12-7-9(4-5-19-12)20-8-2-3-11(10(14)6-8)21-13(15,16)17/h2-7H,1H3,(H2,18,19,20). The first kappa shape index (κ1) is 15.4. The van der Waals surface area contributed by atoms with Gasteiger partial charge in [0.2, 0.25) is 0 Å². The van der Waals surface area contributed by atoms with Gasteiger partial charge in [0.1, 0.15) is 11.6 Å². The van der Waals surface area contributed by atoms with Crippen molar-refractivity contribution in [2.24, 2.45) is 0 Å². The largest absolute Gasteiger partial charge is 0.573 e. The molecule has 1 aromatic heterocycles. The summed E-state index contributed by atoms with van der Waals surface area (Å²) >= 11 is 3.05. The summed E-state index contributed by atoms with van der Waals surface area (Å²) in [5, 5.41) is 5.96. The van der Waals surface area contributed by atoms with Gasteiger partial charge in [0.05, 0.1) is 4.47 Å². The number of nitrogens with one attached hydrogen (secondary N) is 2. The minimum absolute atomic E-state index is 0.202. The highest BCUT2D eigenvalue weighted by Crippen LogP contribution is 2.33. The predicted molar refractivity (Wildman–Crippen MR) is 77.9 cm³/mol. The third-order valence-electron chi connectivity index (χ3n) is 2.46. The summed E-state index contributed by atoms with van der Waals surface area (Å²) in [5.41, 5.74) is 1.37. The quantitative estimate of drug-likeness (QED) is 0.839. The van der Waals surface area contributed by atoms with Gasteiger partial charge in [-0.2, -0.15) is 0 Å². The van der Waals surface area contributed by atoms with Crippen molar-refractivity contribution in [2.75, 3.05) is 17.7 Å². The van der Waals surface area contributed by atoms with E-state index >= 15 is 0 Å². The van der Waals surface area contributed by atoms with Crippen molar-refractivity contribution in [1.29, 1.82) is 0 Å². The van der Waals surface area contributed by atoms with E-state index in [1.807, 2.05) is 0 Å². The maximum absolute atomic E-state index is 12.2. The van der Waals surface area contributed by atoms with Crippen molar-refractivity contribution in [1.82, 2.24) is 4.98 Å². The molecule has 0 aliphatic rings. The number of anilines is 3. The van der Waals surface area contributed by atoms with E-state index < -0.39 is 6.36 Å². The normalized spacial score (nSPS) is 11.1. The van der Waals surface area contributed by atoms with Crippen molar-refractivity contribution in [3.63, 3.8) is 0 Å². The third-order valence-corrected chi connectivity index (χ3v) is 3.08. The average Bonchev–Trinajstić information content (AvgIpc) is 2.41. The van der Waals surface area contributed by atoms with E-state index in [4.69, 9.17) is 0 Å². The Balaban J connectivity index is 2.16. The van der Waals surface area contributed by atoms with Crippen LogP contribution >= 0.6 is 15.9 Å². The number of aromatic nitrogens is 1. The molecule has 0 atom stereocenters. The van der Waals surface area contributed by atoms with E-state index in [-0.39, 0.29) is 10.2 Å². The molecule has 0 bridgehead atoms. The number of pyridine rings is 1. The van der Waals surface area contributed by atoms with Crippen molar-refractivity contribution in [3.05, 3.63) is 41.0 Å². The lowest BCUT2D eigenvalue weighted by Gasteiger charge is -2.12. The van der Waals surface area contributed by atoms with Gasteiger partial charge < -0.3 is 15.4 Å². The lowest BCUT2D eigenvalue weighted by molar-refractivity contribution is -0.274. The van der Waals surface area contributed by atoms with Gasteiger partial charge in [0.15, 0.2) is 0 Å². The van der Waals surface area contributed by atoms with E-state index in [0.717, 1.165) is 5.69 Å². The van der Waals surface area contributed by atoms with Gasteiger partial charge in [-0.1, -0.05) is 0 Å². The zero-order valence-electron chi connectivity index (χ0n) is 10.8. The van der Waals surface area contributed by atoms with Crippen LogP contribution < -0.4 is 15.4 Å². The Labute approximate surface area is 127 Å². The number of hydrogen-bond donors (Lipinski definition) is 2. The number of ether oxygens (including phenoxy) is 1. The molecule has 0 amide bonds. The second kappa shape index (κ2) is 6.21. The summed E-state index contributed by atoms with van der Waals surface area (Å²) in [5.74, 6) is 0.384. The van der Waals surface area contributed by atoms with Crippen molar-refractivity contribution in [3.8, 4) is 5.75 Å². The van der Waals surface area contributed by atoms with Crippen LogP contribution in [-0.2, 0) is 0 Å². The number of benzene rings is 1. The maximum atomic E-state index is 12.2. The average molecular weight is 362 g/mol. The summed E-state index contributed by atoms with van der Waals surface area (Å²) in [4.78, 5) is 4.07. The van der Waals surface area contributed by atoms with Crippen molar-refractivity contribution < 1.29 is 17.9 Å². The number of alkyl halides is 3. The summed E-state index contributed by atoms with van der Waals surface area (Å²) < 4.78 is 40.6. The predicted octanol–water partition coefficient (Wildman–Crippen LogP) is 4.53. The lowest BCUT2D eigenvalue weighted by Crippen LogP contribution is -2.17. The van der Waals surface area contributed by atoms with E-state index in [1.54, 1.807) is 25.4 Å². The second-order valence-corrected chi connectivity index (χ2v) is 4.85. The molecule has 2 rings (SSSR count). The first-order valence-electron chi connectivity index (χ1n) is 5.83. The van der Waals surface area contributed by atoms with Crippen LogP contribution in [0.4, 0.5) is 30.4 Å². The fraction of sp³-hybridized carbons (Fsp3) is 0.154. The number of hydrogen-bond acceptors (Lipinski definition) is 4. The highest BCUT2D eigenvalue weighted by molar-refractivity contribution is 9.10. The molecule has 8 heteroatoms. The van der Waals surface area contributed by atoms with E-state index in [2.05, 4.69) is 36.3 Å². The molecule has 1 aromatic carbocycles. The fourth-order valence-electron chi connectivity index (χ4n) is 1.60. The molecule has 0 saturated carbocycles. The topological polar surface area (TPSA) is 46.2 Å². The van der Waals surface area contributed by atoms with Crippen molar-refractivity contribution >= 4 is 33.1 Å². The Kier molecular flexibility index (Phi) is 4.56. The number of rotatable bonds is 4. The van der Waals surface area contributed by atoms with E-state index in [0.29, 0.717) is 11.5 Å². The molecule has 0 aliphatic heterocycles. The van der Waals surface area contributed by atoms with E-state index in [1.165, 1.54) is 18.2 Å². The molecular weight excluding hydrogens is 351 g/mol. The Bertz CT molecular complexity index is 634. The molecule has 2 N–H and O–H groups in total. The molecule has 0 spiro atoms. The van der Waals surface area contributed by atoms with Crippen molar-refractivity contribution in [2.45, 2.75) is 6.36 Å². The molecular formula is C13H11BrF3N3O. The van der Waals surface area contributed by atoms with Gasteiger partial charge in [-0.05, 0) is 40.2 Å². The summed E-state index contributed by atoms with van der Waals surface area (Å²) in [6.07, 6.45) is -3.10. The third kappa shape index (κ3) is 4.52. The van der Waals surface area contributed by atoms with Crippen LogP contribution in [0.5, 0.6) is 5.75 Å². The van der Waals surface area contributed by atoms with Crippen LogP contribution in [0.25, 0.3) is 0 Å². The summed E-state index contributed by atoms with van der Waals surface area (Å²) in [6.45, 7) is 0. The molecule has 0 saturated heterocycles. The van der Waals surface area contributed by atoms with Crippen LogP contribution in [0.2, 0.25) is 0 Å². The van der Waals surface area contributed by atoms with Crippen LogP contribution in [0.15, 0.2) is 41.0 Å². The first-order valence-corrected chi connectivity index (χ1v) is 6.63. The highest BCUT2D eigenvalue weighted by atomic mass is 79.9. The Hall–Kier alpha value is -1.96. The van der Waals surface area contributed by atoms with Crippen LogP contribution in [0, 0.1) is 0 Å². The Morgan fingerprint density at radius 3 is 2.48 bits per heavy atom. The highest BCUT2D eigenvalue weighted by Gasteiger charge is 2.31. The molecule has 21 heavy (non-hydrogen) atoms. The van der Waals surface area contributed by atoms with Crippen LogP contribution in [0.3, 0.4) is 0 Å². The Morgan fingerprint density at radius 2 is 1.86 bits per heavy atom.